The number of carbonyl (C=O) groups is 2. The van der Waals surface area contributed by atoms with E-state index in [1.54, 1.807) is 41.3 Å². The van der Waals surface area contributed by atoms with Crippen molar-refractivity contribution in [3.05, 3.63) is 59.0 Å². The van der Waals surface area contributed by atoms with E-state index >= 15 is 0 Å². The highest BCUT2D eigenvalue weighted by molar-refractivity contribution is 5.81. The number of ether oxygens (including phenoxy) is 3. The summed E-state index contributed by atoms with van der Waals surface area (Å²) in [6.07, 6.45) is 2.36. The van der Waals surface area contributed by atoms with E-state index in [1.165, 1.54) is 6.26 Å². The van der Waals surface area contributed by atoms with E-state index in [9.17, 15) is 14.4 Å². The zero-order chi connectivity index (χ0) is 24.1. The van der Waals surface area contributed by atoms with Crippen molar-refractivity contribution in [1.29, 1.82) is 0 Å². The highest BCUT2D eigenvalue weighted by Crippen LogP contribution is 2.31. The quantitative estimate of drug-likeness (QED) is 0.541. The molecule has 0 aliphatic carbocycles. The molecule has 1 saturated heterocycles. The van der Waals surface area contributed by atoms with Crippen LogP contribution in [0, 0.1) is 5.92 Å². The number of hydrogen-bond donors (Lipinski definition) is 1. The maximum absolute atomic E-state index is 12.9. The average Bonchev–Trinajstić information content (AvgIpc) is 2.85. The number of carbonyl (C=O) groups excluding carboxylic acids is 2. The van der Waals surface area contributed by atoms with Gasteiger partial charge in [-0.05, 0) is 44.0 Å². The van der Waals surface area contributed by atoms with Gasteiger partial charge in [0.05, 0.1) is 12.0 Å². The van der Waals surface area contributed by atoms with Crippen LogP contribution in [0.3, 0.4) is 0 Å². The minimum atomic E-state index is -0.340. The van der Waals surface area contributed by atoms with Gasteiger partial charge in [-0.15, -0.1) is 0 Å². The molecule has 0 spiro atoms. The van der Waals surface area contributed by atoms with Crippen molar-refractivity contribution in [2.75, 3.05) is 26.3 Å². The fourth-order valence-electron chi connectivity index (χ4n) is 3.83. The lowest BCUT2D eigenvalue weighted by molar-refractivity contribution is -0.136. The highest BCUT2D eigenvalue weighted by Gasteiger charge is 2.26. The van der Waals surface area contributed by atoms with Gasteiger partial charge in [-0.2, -0.15) is 0 Å². The van der Waals surface area contributed by atoms with Crippen LogP contribution in [0.4, 0.5) is 0 Å². The largest absolute Gasteiger partial charge is 0.490 e. The van der Waals surface area contributed by atoms with Gasteiger partial charge in [0.1, 0.15) is 17.6 Å². The predicted molar refractivity (Wildman–Crippen MR) is 124 cm³/mol. The zero-order valence-electron chi connectivity index (χ0n) is 18.8. The molecule has 2 N–H and O–H groups in total. The number of primary amides is 1. The van der Waals surface area contributed by atoms with Crippen molar-refractivity contribution in [2.24, 2.45) is 11.7 Å². The van der Waals surface area contributed by atoms with Crippen molar-refractivity contribution >= 4 is 22.8 Å². The molecule has 2 heterocycles. The molecule has 178 valence electrons. The first-order valence-corrected chi connectivity index (χ1v) is 11.1. The van der Waals surface area contributed by atoms with Gasteiger partial charge in [-0.3, -0.25) is 14.4 Å². The minimum Gasteiger partial charge on any atom is -0.490 e. The Morgan fingerprint density at radius 3 is 2.50 bits per heavy atom. The van der Waals surface area contributed by atoms with Gasteiger partial charge in [0.2, 0.25) is 17.1 Å². The van der Waals surface area contributed by atoms with E-state index < -0.39 is 0 Å². The van der Waals surface area contributed by atoms with E-state index in [-0.39, 0.29) is 35.5 Å². The molecule has 1 fully saturated rings. The molecule has 2 amide bonds. The van der Waals surface area contributed by atoms with Crippen LogP contribution in [0.25, 0.3) is 11.0 Å². The first-order chi connectivity index (χ1) is 16.5. The van der Waals surface area contributed by atoms with Gasteiger partial charge < -0.3 is 29.3 Å². The third-order valence-electron chi connectivity index (χ3n) is 5.70. The Balaban J connectivity index is 1.42. The van der Waals surface area contributed by atoms with Crippen LogP contribution in [0.15, 0.2) is 57.9 Å². The second-order valence-corrected chi connectivity index (χ2v) is 7.91. The van der Waals surface area contributed by atoms with Gasteiger partial charge in [-0.1, -0.05) is 12.1 Å². The number of piperidine rings is 1. The summed E-state index contributed by atoms with van der Waals surface area (Å²) in [6, 6.07) is 11.8. The van der Waals surface area contributed by atoms with Crippen LogP contribution in [0.5, 0.6) is 23.0 Å². The van der Waals surface area contributed by atoms with E-state index in [0.717, 1.165) is 0 Å². The van der Waals surface area contributed by atoms with Crippen molar-refractivity contribution in [3.8, 4) is 23.0 Å². The smallest absolute Gasteiger partial charge is 0.260 e. The van der Waals surface area contributed by atoms with Gasteiger partial charge in [0.15, 0.2) is 18.1 Å². The third kappa shape index (κ3) is 5.14. The number of amides is 2. The molecular formula is C25H26N2O7. The monoisotopic (exact) mass is 466 g/mol. The van der Waals surface area contributed by atoms with Crippen LogP contribution < -0.4 is 25.4 Å². The van der Waals surface area contributed by atoms with E-state index in [4.69, 9.17) is 24.4 Å². The highest BCUT2D eigenvalue weighted by atomic mass is 16.5. The predicted octanol–water partition coefficient (Wildman–Crippen LogP) is 3.09. The molecule has 0 bridgehead atoms. The number of nitrogens with zero attached hydrogens (tertiary/aromatic N) is 1. The van der Waals surface area contributed by atoms with E-state index in [0.29, 0.717) is 60.8 Å². The van der Waals surface area contributed by atoms with Gasteiger partial charge >= 0.3 is 0 Å². The Kier molecular flexibility index (Phi) is 7.01. The Labute approximate surface area is 196 Å². The molecule has 3 aromatic rings. The van der Waals surface area contributed by atoms with Crippen molar-refractivity contribution < 1.29 is 28.2 Å². The second kappa shape index (κ2) is 10.3. The Bertz CT molecular complexity index is 1250. The summed E-state index contributed by atoms with van der Waals surface area (Å²) in [5, 5.41) is 0.318. The Hall–Kier alpha value is -4.01. The third-order valence-corrected chi connectivity index (χ3v) is 5.70. The number of likely N-dealkylation sites (tertiary alicyclic amines) is 1. The summed E-state index contributed by atoms with van der Waals surface area (Å²) in [5.41, 5.74) is 5.30. The maximum atomic E-state index is 12.9. The number of nitrogens with two attached hydrogens (primary N) is 1. The molecule has 9 heteroatoms. The van der Waals surface area contributed by atoms with Crippen LogP contribution in [0.2, 0.25) is 0 Å². The fourth-order valence-corrected chi connectivity index (χ4v) is 3.83. The lowest BCUT2D eigenvalue weighted by atomic mass is 9.96. The topological polar surface area (TPSA) is 121 Å². The number of benzene rings is 2. The molecule has 1 aromatic heterocycles. The molecule has 0 atom stereocenters. The molecule has 0 radical (unpaired) electrons. The molecule has 34 heavy (non-hydrogen) atoms. The zero-order valence-corrected chi connectivity index (χ0v) is 18.8. The normalized spacial score (nSPS) is 14.1. The van der Waals surface area contributed by atoms with Crippen molar-refractivity contribution in [1.82, 2.24) is 4.90 Å². The lowest BCUT2D eigenvalue weighted by Crippen LogP contribution is -2.43. The molecule has 2 aromatic carbocycles. The molecular weight excluding hydrogens is 440 g/mol. The van der Waals surface area contributed by atoms with Crippen molar-refractivity contribution in [3.63, 3.8) is 0 Å². The first kappa shape index (κ1) is 23.2. The summed E-state index contributed by atoms with van der Waals surface area (Å²) >= 11 is 0. The second-order valence-electron chi connectivity index (χ2n) is 7.91. The number of fused-ring (bicyclic) bond motifs is 1. The van der Waals surface area contributed by atoms with Gasteiger partial charge in [0.25, 0.3) is 5.91 Å². The molecule has 1 aliphatic rings. The van der Waals surface area contributed by atoms with Crippen molar-refractivity contribution in [2.45, 2.75) is 19.8 Å². The first-order valence-electron chi connectivity index (χ1n) is 11.1. The fraction of sp³-hybridized carbons (Fsp3) is 0.320. The maximum Gasteiger partial charge on any atom is 0.260 e. The summed E-state index contributed by atoms with van der Waals surface area (Å²) in [5.74, 6) is 0.671. The molecule has 4 rings (SSSR count). The van der Waals surface area contributed by atoms with E-state index in [2.05, 4.69) is 0 Å². The number of hydrogen-bond acceptors (Lipinski definition) is 7. The summed E-state index contributed by atoms with van der Waals surface area (Å²) in [6.45, 7) is 3.10. The number of para-hydroxylation sites is 2. The standard InChI is InChI=1S/C25H26N2O7/c1-2-31-19-5-3-4-6-20(19)34-22-14-33-21-13-17(7-8-18(21)24(22)29)32-15-23(28)27-11-9-16(10-12-27)25(26)30/h3-8,13-14,16H,2,9-12,15H2,1H3,(H2,26,30). The Morgan fingerprint density at radius 1 is 1.06 bits per heavy atom. The Morgan fingerprint density at radius 2 is 1.79 bits per heavy atom. The average molecular weight is 466 g/mol. The van der Waals surface area contributed by atoms with Crippen LogP contribution in [-0.4, -0.2) is 43.0 Å². The van der Waals surface area contributed by atoms with Gasteiger partial charge in [-0.25, -0.2) is 0 Å². The molecule has 9 nitrogen and oxygen atoms in total. The SMILES string of the molecule is CCOc1ccccc1Oc1coc2cc(OCC(=O)N3CCC(C(N)=O)CC3)ccc2c1=O. The van der Waals surface area contributed by atoms with E-state index in [1.807, 2.05) is 13.0 Å². The number of rotatable bonds is 8. The van der Waals surface area contributed by atoms with Gasteiger partial charge in [0, 0.05) is 25.1 Å². The summed E-state index contributed by atoms with van der Waals surface area (Å²) in [7, 11) is 0. The van der Waals surface area contributed by atoms with Crippen LogP contribution in [-0.2, 0) is 9.59 Å². The summed E-state index contributed by atoms with van der Waals surface area (Å²) in [4.78, 5) is 38.3. The summed E-state index contributed by atoms with van der Waals surface area (Å²) < 4.78 is 22.5. The molecule has 1 aliphatic heterocycles. The minimum absolute atomic E-state index is 0.0304. The molecule has 0 unspecified atom stereocenters. The van der Waals surface area contributed by atoms with Crippen LogP contribution in [0.1, 0.15) is 19.8 Å². The molecule has 0 saturated carbocycles. The lowest BCUT2D eigenvalue weighted by Gasteiger charge is -2.30. The van der Waals surface area contributed by atoms with Crippen LogP contribution >= 0.6 is 0 Å².